The number of aromatic nitrogens is 4. The molecular formula is C32H26N6O3S. The van der Waals surface area contributed by atoms with Gasteiger partial charge in [0.2, 0.25) is 5.95 Å². The molecule has 0 bridgehead atoms. The molecule has 0 fully saturated rings. The van der Waals surface area contributed by atoms with Crippen LogP contribution < -0.4 is 10.6 Å². The zero-order valence-corrected chi connectivity index (χ0v) is 23.2. The Morgan fingerprint density at radius 1 is 0.905 bits per heavy atom. The largest absolute Gasteiger partial charge is 0.506 e. The van der Waals surface area contributed by atoms with E-state index >= 15 is 0 Å². The fraction of sp³-hybridized carbons (Fsp3) is 0.0938. The highest BCUT2D eigenvalue weighted by atomic mass is 32.1. The zero-order chi connectivity index (χ0) is 28.9. The number of imidazole rings is 1. The number of amides is 1. The minimum absolute atomic E-state index is 0.0218. The van der Waals surface area contributed by atoms with Gasteiger partial charge in [-0.2, -0.15) is 0 Å². The third kappa shape index (κ3) is 5.89. The van der Waals surface area contributed by atoms with Crippen molar-refractivity contribution in [2.24, 2.45) is 0 Å². The van der Waals surface area contributed by atoms with Crippen molar-refractivity contribution in [3.8, 4) is 16.2 Å². The normalized spacial score (nSPS) is 11.0. The lowest BCUT2D eigenvalue weighted by molar-refractivity contribution is 0.100. The van der Waals surface area contributed by atoms with Gasteiger partial charge in [-0.05, 0) is 60.2 Å². The second-order valence-corrected chi connectivity index (χ2v) is 10.6. The number of anilines is 2. The Morgan fingerprint density at radius 3 is 2.55 bits per heavy atom. The van der Waals surface area contributed by atoms with Gasteiger partial charge in [0.1, 0.15) is 5.75 Å². The molecule has 4 aromatic heterocycles. The second-order valence-electron chi connectivity index (χ2n) is 9.51. The molecule has 208 valence electrons. The number of rotatable bonds is 10. The molecule has 9 nitrogen and oxygen atoms in total. The Hall–Kier alpha value is -5.35. The summed E-state index contributed by atoms with van der Waals surface area (Å²) in [5.74, 6) is 0.196. The second kappa shape index (κ2) is 12.0. The monoisotopic (exact) mass is 574 g/mol. The average Bonchev–Trinajstić information content (AvgIpc) is 3.65. The summed E-state index contributed by atoms with van der Waals surface area (Å²) in [5.41, 5.74) is 4.35. The smallest absolute Gasteiger partial charge is 0.268 e. The Balaban J connectivity index is 1.26. The number of aromatic hydroxyl groups is 1. The molecule has 2 aromatic carbocycles. The molecule has 0 saturated carbocycles. The molecule has 0 spiro atoms. The first-order chi connectivity index (χ1) is 20.5. The molecule has 1 amide bonds. The minimum atomic E-state index is -0.274. The SMILES string of the molecule is O=C(CNc1ccc2c(c1)nc(NC(=O)c1ccc(-c3ccncc3)s1)n2CCc1ncccc1O)c1ccccc1. The van der Waals surface area contributed by atoms with Gasteiger partial charge in [-0.1, -0.05) is 30.3 Å². The number of hydrogen-bond donors (Lipinski definition) is 3. The van der Waals surface area contributed by atoms with Crippen molar-refractivity contribution >= 4 is 45.7 Å². The highest BCUT2D eigenvalue weighted by molar-refractivity contribution is 7.17. The lowest BCUT2D eigenvalue weighted by Crippen LogP contribution is -2.15. The molecule has 0 aliphatic heterocycles. The van der Waals surface area contributed by atoms with Gasteiger partial charge in [0, 0.05) is 47.7 Å². The van der Waals surface area contributed by atoms with Crippen molar-refractivity contribution in [1.29, 1.82) is 0 Å². The molecule has 0 aliphatic rings. The number of nitrogens with zero attached hydrogens (tertiary/aromatic N) is 4. The molecule has 6 aromatic rings. The molecular weight excluding hydrogens is 548 g/mol. The van der Waals surface area contributed by atoms with Gasteiger partial charge in [-0.15, -0.1) is 11.3 Å². The van der Waals surface area contributed by atoms with Crippen molar-refractivity contribution in [2.45, 2.75) is 13.0 Å². The summed E-state index contributed by atoms with van der Waals surface area (Å²) >= 11 is 1.39. The highest BCUT2D eigenvalue weighted by Gasteiger charge is 2.18. The summed E-state index contributed by atoms with van der Waals surface area (Å²) in [7, 11) is 0. The summed E-state index contributed by atoms with van der Waals surface area (Å²) < 4.78 is 1.90. The van der Waals surface area contributed by atoms with E-state index in [4.69, 9.17) is 4.98 Å². The lowest BCUT2D eigenvalue weighted by Gasteiger charge is -2.11. The number of nitrogens with one attached hydrogen (secondary N) is 2. The summed E-state index contributed by atoms with van der Waals surface area (Å²) in [5, 5.41) is 16.4. The summed E-state index contributed by atoms with van der Waals surface area (Å²) in [6, 6.07) is 25.5. The number of aryl methyl sites for hydroxylation is 2. The number of benzene rings is 2. The van der Waals surface area contributed by atoms with Crippen LogP contribution in [0, 0.1) is 0 Å². The summed E-state index contributed by atoms with van der Waals surface area (Å²) in [4.78, 5) is 40.5. The number of carbonyl (C=O) groups excluding carboxylic acids is 2. The van der Waals surface area contributed by atoms with Gasteiger partial charge in [0.25, 0.3) is 5.91 Å². The predicted molar refractivity (Wildman–Crippen MR) is 164 cm³/mol. The molecule has 4 heterocycles. The number of thiophene rings is 1. The van der Waals surface area contributed by atoms with Crippen LogP contribution in [0.1, 0.15) is 25.7 Å². The maximum Gasteiger partial charge on any atom is 0.268 e. The Morgan fingerprint density at radius 2 is 1.74 bits per heavy atom. The van der Waals surface area contributed by atoms with E-state index in [2.05, 4.69) is 20.6 Å². The Labute approximate surface area is 245 Å². The van der Waals surface area contributed by atoms with Gasteiger partial charge in [-0.3, -0.25) is 24.9 Å². The first kappa shape index (κ1) is 26.9. The Bertz CT molecular complexity index is 1870. The number of fused-ring (bicyclic) bond motifs is 1. The van der Waals surface area contributed by atoms with Crippen molar-refractivity contribution in [1.82, 2.24) is 19.5 Å². The van der Waals surface area contributed by atoms with Crippen molar-refractivity contribution in [3.05, 3.63) is 120 Å². The number of hydrogen-bond acceptors (Lipinski definition) is 8. The van der Waals surface area contributed by atoms with E-state index in [1.54, 1.807) is 48.9 Å². The van der Waals surface area contributed by atoms with Crippen LogP contribution in [-0.4, -0.2) is 42.9 Å². The van der Waals surface area contributed by atoms with Crippen LogP contribution in [0.15, 0.2) is 104 Å². The van der Waals surface area contributed by atoms with Crippen LogP contribution in [0.5, 0.6) is 5.75 Å². The van der Waals surface area contributed by atoms with Gasteiger partial charge in [0.15, 0.2) is 5.78 Å². The van der Waals surface area contributed by atoms with Crippen molar-refractivity contribution in [3.63, 3.8) is 0 Å². The zero-order valence-electron chi connectivity index (χ0n) is 22.4. The van der Waals surface area contributed by atoms with Crippen LogP contribution >= 0.6 is 11.3 Å². The standard InChI is InChI=1S/C32H26N6O3S/c39-27-7-4-15-34-24(27)14-18-38-26-9-8-23(35-20-28(40)21-5-2-1-3-6-21)19-25(26)36-32(38)37-31(41)30-11-10-29(42-30)22-12-16-33-17-13-22/h1-13,15-17,19,35,39H,14,18,20H2,(H,36,37,41). The van der Waals surface area contributed by atoms with E-state index in [-0.39, 0.29) is 24.0 Å². The third-order valence-corrected chi connectivity index (χ3v) is 7.89. The lowest BCUT2D eigenvalue weighted by atomic mass is 10.1. The molecule has 0 saturated heterocycles. The van der Waals surface area contributed by atoms with E-state index in [0.29, 0.717) is 40.6 Å². The fourth-order valence-corrected chi connectivity index (χ4v) is 5.51. The summed E-state index contributed by atoms with van der Waals surface area (Å²) in [6.07, 6.45) is 5.50. The first-order valence-electron chi connectivity index (χ1n) is 13.3. The quantitative estimate of drug-likeness (QED) is 0.170. The molecule has 3 N–H and O–H groups in total. The third-order valence-electron chi connectivity index (χ3n) is 6.76. The van der Waals surface area contributed by atoms with Crippen LogP contribution in [-0.2, 0) is 13.0 Å². The Kier molecular flexibility index (Phi) is 7.69. The summed E-state index contributed by atoms with van der Waals surface area (Å²) in [6.45, 7) is 0.555. The number of Topliss-reactive ketones (excluding diaryl/α,β-unsaturated/α-hetero) is 1. The molecule has 0 aliphatic carbocycles. The van der Waals surface area contributed by atoms with E-state index in [1.807, 2.05) is 59.2 Å². The number of pyridine rings is 2. The molecule has 0 atom stereocenters. The molecule has 6 rings (SSSR count). The maximum absolute atomic E-state index is 13.3. The van der Waals surface area contributed by atoms with E-state index < -0.39 is 0 Å². The van der Waals surface area contributed by atoms with Crippen LogP contribution in [0.25, 0.3) is 21.5 Å². The molecule has 0 unspecified atom stereocenters. The van der Waals surface area contributed by atoms with E-state index in [9.17, 15) is 14.7 Å². The van der Waals surface area contributed by atoms with Crippen LogP contribution in [0.2, 0.25) is 0 Å². The van der Waals surface area contributed by atoms with Gasteiger partial charge < -0.3 is 15.0 Å². The number of ketones is 1. The predicted octanol–water partition coefficient (Wildman–Crippen LogP) is 6.05. The number of carbonyl (C=O) groups is 2. The van der Waals surface area contributed by atoms with Crippen LogP contribution in [0.3, 0.4) is 0 Å². The topological polar surface area (TPSA) is 122 Å². The molecule has 42 heavy (non-hydrogen) atoms. The first-order valence-corrected chi connectivity index (χ1v) is 14.1. The van der Waals surface area contributed by atoms with E-state index in [0.717, 1.165) is 21.6 Å². The maximum atomic E-state index is 13.3. The molecule has 0 radical (unpaired) electrons. The average molecular weight is 575 g/mol. The van der Waals surface area contributed by atoms with Gasteiger partial charge >= 0.3 is 0 Å². The van der Waals surface area contributed by atoms with E-state index in [1.165, 1.54) is 11.3 Å². The molecule has 10 heteroatoms. The highest BCUT2D eigenvalue weighted by Crippen LogP contribution is 2.29. The van der Waals surface area contributed by atoms with Crippen molar-refractivity contribution < 1.29 is 14.7 Å². The van der Waals surface area contributed by atoms with Crippen molar-refractivity contribution in [2.75, 3.05) is 17.2 Å². The fourth-order valence-electron chi connectivity index (χ4n) is 4.60. The minimum Gasteiger partial charge on any atom is -0.506 e. The van der Waals surface area contributed by atoms with Crippen LogP contribution in [0.4, 0.5) is 11.6 Å². The van der Waals surface area contributed by atoms with Gasteiger partial charge in [-0.25, -0.2) is 4.98 Å². The van der Waals surface area contributed by atoms with Gasteiger partial charge in [0.05, 0.1) is 28.1 Å².